The summed E-state index contributed by atoms with van der Waals surface area (Å²) in [6.45, 7) is 2.43. The smallest absolute Gasteiger partial charge is 0.263 e. The van der Waals surface area contributed by atoms with Gasteiger partial charge in [-0.05, 0) is 42.1 Å². The second-order valence-corrected chi connectivity index (χ2v) is 6.64. The van der Waals surface area contributed by atoms with Crippen LogP contribution in [0.1, 0.15) is 10.4 Å². The highest BCUT2D eigenvalue weighted by molar-refractivity contribution is 7.09. The number of carbonyl (C=O) groups excluding carboxylic acids is 1. The highest BCUT2D eigenvalue weighted by atomic mass is 35.5. The van der Waals surface area contributed by atoms with E-state index >= 15 is 0 Å². The second-order valence-electron chi connectivity index (χ2n) is 5.20. The lowest BCUT2D eigenvalue weighted by Crippen LogP contribution is -2.22. The third kappa shape index (κ3) is 4.15. The largest absolute Gasteiger partial charge is 0.484 e. The summed E-state index contributed by atoms with van der Waals surface area (Å²) in [5, 5.41) is 9.73. The maximum Gasteiger partial charge on any atom is 0.263 e. The number of benzene rings is 1. The van der Waals surface area contributed by atoms with Crippen LogP contribution in [0.15, 0.2) is 48.0 Å². The molecular weight excluding hydrogens is 346 g/mol. The third-order valence-corrected chi connectivity index (χ3v) is 4.65. The monoisotopic (exact) mass is 361 g/mol. The molecule has 0 aliphatic carbocycles. The number of hydrogen-bond acceptors (Lipinski definition) is 4. The summed E-state index contributed by atoms with van der Waals surface area (Å²) in [4.78, 5) is 13.3. The maximum absolute atomic E-state index is 12.1. The molecule has 0 saturated heterocycles. The van der Waals surface area contributed by atoms with Gasteiger partial charge < -0.3 is 10.1 Å². The first-order valence-corrected chi connectivity index (χ1v) is 8.60. The Hall–Kier alpha value is -2.31. The van der Waals surface area contributed by atoms with Crippen molar-refractivity contribution in [1.82, 2.24) is 9.78 Å². The van der Waals surface area contributed by atoms with Crippen LogP contribution in [0.3, 0.4) is 0 Å². The van der Waals surface area contributed by atoms with Crippen LogP contribution < -0.4 is 10.1 Å². The highest BCUT2D eigenvalue weighted by Crippen LogP contribution is 2.21. The minimum absolute atomic E-state index is 0.0781. The second kappa shape index (κ2) is 7.51. The van der Waals surface area contributed by atoms with Gasteiger partial charge in [-0.2, -0.15) is 5.10 Å². The van der Waals surface area contributed by atoms with Crippen LogP contribution in [0, 0.1) is 6.92 Å². The summed E-state index contributed by atoms with van der Waals surface area (Å²) in [6.07, 6.45) is 1.66. The van der Waals surface area contributed by atoms with E-state index in [1.165, 1.54) is 4.88 Å². The number of nitrogens with one attached hydrogen (secondary N) is 1. The van der Waals surface area contributed by atoms with Crippen molar-refractivity contribution in [2.24, 2.45) is 0 Å². The quantitative estimate of drug-likeness (QED) is 0.722. The maximum atomic E-state index is 12.1. The molecule has 1 N–H and O–H groups in total. The van der Waals surface area contributed by atoms with E-state index in [9.17, 15) is 4.79 Å². The van der Waals surface area contributed by atoms with E-state index < -0.39 is 0 Å². The zero-order valence-electron chi connectivity index (χ0n) is 13.0. The van der Waals surface area contributed by atoms with E-state index in [0.29, 0.717) is 23.1 Å². The molecule has 0 spiro atoms. The summed E-state index contributed by atoms with van der Waals surface area (Å²) >= 11 is 7.62. The molecule has 0 fully saturated rings. The first kappa shape index (κ1) is 16.5. The van der Waals surface area contributed by atoms with Gasteiger partial charge >= 0.3 is 0 Å². The molecule has 0 radical (unpaired) electrons. The molecule has 5 nitrogen and oxygen atoms in total. The SMILES string of the molecule is Cc1cc(OCC(=O)Nc2ccnn2Cc2cccs2)ccc1Cl. The number of halogens is 1. The molecule has 24 heavy (non-hydrogen) atoms. The molecule has 0 bridgehead atoms. The molecule has 2 heterocycles. The van der Waals surface area contributed by atoms with Crippen LogP contribution in [0.2, 0.25) is 5.02 Å². The molecule has 1 aromatic carbocycles. The predicted molar refractivity (Wildman–Crippen MR) is 96.0 cm³/mol. The van der Waals surface area contributed by atoms with Gasteiger partial charge in [-0.25, -0.2) is 4.68 Å². The number of aromatic nitrogens is 2. The topological polar surface area (TPSA) is 56.1 Å². The van der Waals surface area contributed by atoms with Gasteiger partial charge in [-0.15, -0.1) is 11.3 Å². The molecule has 124 valence electrons. The number of amides is 1. The Labute approximate surface area is 148 Å². The molecule has 1 amide bonds. The molecule has 0 aliphatic heterocycles. The standard InChI is InChI=1S/C17H16ClN3O2S/c1-12-9-13(4-5-15(12)18)23-11-17(22)20-16-6-7-19-21(16)10-14-3-2-8-24-14/h2-9H,10-11H2,1H3,(H,20,22). The Kier molecular flexibility index (Phi) is 5.17. The van der Waals surface area contributed by atoms with Crippen LogP contribution in [-0.4, -0.2) is 22.3 Å². The predicted octanol–water partition coefficient (Wildman–Crippen LogP) is 3.97. The summed E-state index contributed by atoms with van der Waals surface area (Å²) in [7, 11) is 0. The minimum atomic E-state index is -0.240. The molecule has 2 aromatic heterocycles. The van der Waals surface area contributed by atoms with E-state index in [1.54, 1.807) is 46.5 Å². The van der Waals surface area contributed by atoms with Gasteiger partial charge in [-0.1, -0.05) is 17.7 Å². The molecule has 3 aromatic rings. The van der Waals surface area contributed by atoms with Gasteiger partial charge in [0.1, 0.15) is 11.6 Å². The minimum Gasteiger partial charge on any atom is -0.484 e. The fraction of sp³-hybridized carbons (Fsp3) is 0.176. The Morgan fingerprint density at radius 1 is 1.38 bits per heavy atom. The summed E-state index contributed by atoms with van der Waals surface area (Å²) in [6, 6.07) is 11.1. The lowest BCUT2D eigenvalue weighted by Gasteiger charge is -2.10. The molecule has 0 aliphatic rings. The van der Waals surface area contributed by atoms with Gasteiger partial charge in [0, 0.05) is 16.0 Å². The normalized spacial score (nSPS) is 10.6. The summed E-state index contributed by atoms with van der Waals surface area (Å²) in [5.74, 6) is 1.01. The number of rotatable bonds is 6. The van der Waals surface area contributed by atoms with Crippen LogP contribution in [0.25, 0.3) is 0 Å². The average Bonchev–Trinajstić information content (AvgIpc) is 3.22. The fourth-order valence-electron chi connectivity index (χ4n) is 2.15. The summed E-state index contributed by atoms with van der Waals surface area (Å²) < 4.78 is 7.25. The van der Waals surface area contributed by atoms with E-state index in [2.05, 4.69) is 10.4 Å². The van der Waals surface area contributed by atoms with Gasteiger partial charge in [-0.3, -0.25) is 4.79 Å². The van der Waals surface area contributed by atoms with Gasteiger partial charge in [0.15, 0.2) is 6.61 Å². The van der Waals surface area contributed by atoms with Crippen LogP contribution >= 0.6 is 22.9 Å². The first-order chi connectivity index (χ1) is 11.6. The van der Waals surface area contributed by atoms with Crippen molar-refractivity contribution in [3.8, 4) is 5.75 Å². The zero-order chi connectivity index (χ0) is 16.9. The highest BCUT2D eigenvalue weighted by Gasteiger charge is 2.09. The first-order valence-electron chi connectivity index (χ1n) is 7.35. The average molecular weight is 362 g/mol. The number of nitrogens with zero attached hydrogens (tertiary/aromatic N) is 2. The van der Waals surface area contributed by atoms with Crippen LogP contribution in [0.5, 0.6) is 5.75 Å². The Bertz CT molecular complexity index is 830. The van der Waals surface area contributed by atoms with Crippen molar-refractivity contribution in [3.05, 3.63) is 63.4 Å². The van der Waals surface area contributed by atoms with Crippen LogP contribution in [-0.2, 0) is 11.3 Å². The van der Waals surface area contributed by atoms with Crippen molar-refractivity contribution in [1.29, 1.82) is 0 Å². The van der Waals surface area contributed by atoms with Gasteiger partial charge in [0.2, 0.25) is 0 Å². The Balaban J connectivity index is 1.57. The molecule has 0 unspecified atom stereocenters. The van der Waals surface area contributed by atoms with Crippen LogP contribution in [0.4, 0.5) is 5.82 Å². The molecule has 0 atom stereocenters. The van der Waals surface area contributed by atoms with E-state index in [4.69, 9.17) is 16.3 Å². The Morgan fingerprint density at radius 3 is 3.00 bits per heavy atom. The van der Waals surface area contributed by atoms with E-state index in [1.807, 2.05) is 24.4 Å². The Morgan fingerprint density at radius 2 is 2.25 bits per heavy atom. The van der Waals surface area contributed by atoms with Gasteiger partial charge in [0.25, 0.3) is 5.91 Å². The molecular formula is C17H16ClN3O2S. The number of ether oxygens (including phenoxy) is 1. The number of carbonyl (C=O) groups is 1. The number of thiophene rings is 1. The van der Waals surface area contributed by atoms with Crippen molar-refractivity contribution in [2.45, 2.75) is 13.5 Å². The molecule has 3 rings (SSSR count). The van der Waals surface area contributed by atoms with Crippen molar-refractivity contribution in [3.63, 3.8) is 0 Å². The molecule has 7 heteroatoms. The molecule has 0 saturated carbocycles. The van der Waals surface area contributed by atoms with Gasteiger partial charge in [0.05, 0.1) is 12.7 Å². The zero-order valence-corrected chi connectivity index (χ0v) is 14.6. The third-order valence-electron chi connectivity index (χ3n) is 3.37. The van der Waals surface area contributed by atoms with E-state index in [0.717, 1.165) is 5.56 Å². The number of anilines is 1. The number of aryl methyl sites for hydroxylation is 1. The van der Waals surface area contributed by atoms with Crippen molar-refractivity contribution >= 4 is 34.7 Å². The lowest BCUT2D eigenvalue weighted by molar-refractivity contribution is -0.118. The van der Waals surface area contributed by atoms with Crippen molar-refractivity contribution < 1.29 is 9.53 Å². The number of hydrogen-bond donors (Lipinski definition) is 1. The summed E-state index contributed by atoms with van der Waals surface area (Å²) in [5.41, 5.74) is 0.906. The van der Waals surface area contributed by atoms with Crippen molar-refractivity contribution in [2.75, 3.05) is 11.9 Å². The van der Waals surface area contributed by atoms with E-state index in [-0.39, 0.29) is 12.5 Å². The lowest BCUT2D eigenvalue weighted by atomic mass is 10.2. The fourth-order valence-corrected chi connectivity index (χ4v) is 2.95.